The average molecular weight is 639 g/mol. The van der Waals surface area contributed by atoms with Crippen LogP contribution in [0.1, 0.15) is 12.0 Å². The standard InChI is InChI=1S/C26H29Cl2N5O3.6H2O/c1-32-6-8-33(9-7-32)5-4-10-36-25-13-21-18(11-24(25)35-3)26(17(15-29)16-30-21)31-22-14-23(34-2)20(28)12-19(22)27;;;;;;/h11-14,16H,4-10H2,1-3H3,(H,30,31);6*1H2. The van der Waals surface area contributed by atoms with E-state index in [1.54, 1.807) is 19.2 Å². The van der Waals surface area contributed by atoms with Crippen molar-refractivity contribution in [2.24, 2.45) is 0 Å². The lowest BCUT2D eigenvalue weighted by molar-refractivity contribution is 0.145. The molecule has 0 amide bonds. The molecule has 0 saturated carbocycles. The monoisotopic (exact) mass is 637 g/mol. The van der Waals surface area contributed by atoms with Crippen molar-refractivity contribution < 1.29 is 47.1 Å². The number of nitrogens with one attached hydrogen (secondary N) is 1. The van der Waals surface area contributed by atoms with Crippen molar-refractivity contribution in [1.29, 1.82) is 5.26 Å². The van der Waals surface area contributed by atoms with E-state index in [2.05, 4.69) is 33.2 Å². The number of fused-ring (bicyclic) bond motifs is 1. The average Bonchev–Trinajstić information content (AvgIpc) is 2.88. The van der Waals surface area contributed by atoms with Gasteiger partial charge in [0.25, 0.3) is 0 Å². The topological polar surface area (TPSA) is 272 Å². The highest BCUT2D eigenvalue weighted by atomic mass is 35.5. The Hall–Kier alpha value is -3.20. The van der Waals surface area contributed by atoms with Gasteiger partial charge in [0, 0.05) is 56.4 Å². The minimum atomic E-state index is 0. The Morgan fingerprint density at radius 3 is 2.12 bits per heavy atom. The van der Waals surface area contributed by atoms with Gasteiger partial charge in [0.05, 0.1) is 53.3 Å². The van der Waals surface area contributed by atoms with Gasteiger partial charge in [0.2, 0.25) is 0 Å². The molecule has 1 aromatic heterocycles. The number of halogens is 2. The van der Waals surface area contributed by atoms with Gasteiger partial charge in [-0.05, 0) is 25.6 Å². The van der Waals surface area contributed by atoms with Gasteiger partial charge in [-0.15, -0.1) is 0 Å². The molecule has 238 valence electrons. The van der Waals surface area contributed by atoms with E-state index in [4.69, 9.17) is 37.4 Å². The van der Waals surface area contributed by atoms with Crippen LogP contribution in [0.3, 0.4) is 0 Å². The number of benzene rings is 2. The largest absolute Gasteiger partial charge is 0.495 e. The van der Waals surface area contributed by atoms with Crippen molar-refractivity contribution in [3.05, 3.63) is 46.1 Å². The zero-order valence-corrected chi connectivity index (χ0v) is 25.1. The predicted molar refractivity (Wildman–Crippen MR) is 165 cm³/mol. The molecule has 0 radical (unpaired) electrons. The van der Waals surface area contributed by atoms with Crippen LogP contribution in [-0.4, -0.2) is 108 Å². The maximum atomic E-state index is 9.75. The van der Waals surface area contributed by atoms with E-state index >= 15 is 0 Å². The van der Waals surface area contributed by atoms with Crippen molar-refractivity contribution in [2.45, 2.75) is 6.42 Å². The molecule has 1 aliphatic rings. The Morgan fingerprint density at radius 2 is 1.52 bits per heavy atom. The summed E-state index contributed by atoms with van der Waals surface area (Å²) in [5.74, 6) is 1.63. The van der Waals surface area contributed by atoms with Gasteiger partial charge in [-0.1, -0.05) is 23.2 Å². The van der Waals surface area contributed by atoms with Gasteiger partial charge in [0.15, 0.2) is 11.5 Å². The molecule has 3 aromatic rings. The highest BCUT2D eigenvalue weighted by Gasteiger charge is 2.17. The van der Waals surface area contributed by atoms with Crippen molar-refractivity contribution >= 4 is 45.5 Å². The summed E-state index contributed by atoms with van der Waals surface area (Å²) in [4.78, 5) is 9.28. The Balaban J connectivity index is -0.00000253. The summed E-state index contributed by atoms with van der Waals surface area (Å²) in [6.45, 7) is 5.92. The normalized spacial score (nSPS) is 12.4. The molecule has 1 saturated heterocycles. The maximum absolute atomic E-state index is 9.75. The molecular weight excluding hydrogens is 597 g/mol. The number of hydrogen-bond donors (Lipinski definition) is 1. The second-order valence-corrected chi connectivity index (χ2v) is 9.43. The first-order valence-electron chi connectivity index (χ1n) is 11.7. The van der Waals surface area contributed by atoms with Crippen molar-refractivity contribution in [1.82, 2.24) is 14.8 Å². The van der Waals surface area contributed by atoms with E-state index in [0.717, 1.165) is 39.1 Å². The van der Waals surface area contributed by atoms with Gasteiger partial charge in [-0.25, -0.2) is 0 Å². The molecule has 0 unspecified atom stereocenters. The fourth-order valence-electron chi connectivity index (χ4n) is 4.15. The molecule has 4 rings (SSSR count). The molecule has 0 spiro atoms. The zero-order chi connectivity index (χ0) is 25.7. The summed E-state index contributed by atoms with van der Waals surface area (Å²) >= 11 is 12.6. The summed E-state index contributed by atoms with van der Waals surface area (Å²) in [7, 11) is 5.27. The minimum absolute atomic E-state index is 0. The summed E-state index contributed by atoms with van der Waals surface area (Å²) < 4.78 is 17.0. The third-order valence-corrected chi connectivity index (χ3v) is 6.86. The number of pyridine rings is 1. The summed E-state index contributed by atoms with van der Waals surface area (Å²) in [6, 6.07) is 9.12. The molecule has 1 fully saturated rings. The number of likely N-dealkylation sites (N-methyl/N-ethyl adjacent to an activating group) is 1. The quantitative estimate of drug-likeness (QED) is 0.316. The lowest BCUT2D eigenvalue weighted by Crippen LogP contribution is -2.44. The van der Waals surface area contributed by atoms with Crippen LogP contribution < -0.4 is 19.5 Å². The van der Waals surface area contributed by atoms with Gasteiger partial charge >= 0.3 is 0 Å². The third kappa shape index (κ3) is 9.96. The molecule has 16 heteroatoms. The Labute approximate surface area is 254 Å². The van der Waals surface area contributed by atoms with Gasteiger partial charge in [-0.2, -0.15) is 5.26 Å². The summed E-state index contributed by atoms with van der Waals surface area (Å²) in [5, 5.41) is 14.5. The van der Waals surface area contributed by atoms with E-state index < -0.39 is 0 Å². The van der Waals surface area contributed by atoms with Crippen LogP contribution in [0.25, 0.3) is 10.9 Å². The Bertz CT molecular complexity index is 1290. The van der Waals surface area contributed by atoms with Crippen molar-refractivity contribution in [3.63, 3.8) is 0 Å². The first-order valence-corrected chi connectivity index (χ1v) is 12.4. The minimum Gasteiger partial charge on any atom is -0.495 e. The predicted octanol–water partition coefficient (Wildman–Crippen LogP) is 0.242. The fourth-order valence-corrected chi connectivity index (χ4v) is 4.66. The van der Waals surface area contributed by atoms with Crippen LogP contribution >= 0.6 is 23.2 Å². The molecule has 13 N–H and O–H groups in total. The van der Waals surface area contributed by atoms with Crippen LogP contribution in [0, 0.1) is 11.3 Å². The maximum Gasteiger partial charge on any atom is 0.163 e. The summed E-state index contributed by atoms with van der Waals surface area (Å²) in [6.07, 6.45) is 2.44. The lowest BCUT2D eigenvalue weighted by Gasteiger charge is -2.32. The second kappa shape index (κ2) is 19.8. The van der Waals surface area contributed by atoms with Crippen molar-refractivity contribution in [3.8, 4) is 23.3 Å². The Morgan fingerprint density at radius 1 is 0.881 bits per heavy atom. The number of methoxy groups -OCH3 is 2. The second-order valence-electron chi connectivity index (χ2n) is 8.62. The molecule has 0 aliphatic carbocycles. The van der Waals surface area contributed by atoms with E-state index in [1.807, 2.05) is 12.1 Å². The molecule has 0 atom stereocenters. The molecule has 2 heterocycles. The van der Waals surface area contributed by atoms with Crippen LogP contribution in [0.15, 0.2) is 30.5 Å². The fraction of sp³-hybridized carbons (Fsp3) is 0.385. The Kier molecular flexibility index (Phi) is 20.4. The molecule has 14 nitrogen and oxygen atoms in total. The molecular formula is C26H41Cl2N5O9. The van der Waals surface area contributed by atoms with Crippen LogP contribution in [0.5, 0.6) is 17.2 Å². The number of ether oxygens (including phenoxy) is 3. The number of piperazine rings is 1. The molecule has 42 heavy (non-hydrogen) atoms. The first-order chi connectivity index (χ1) is 17.4. The number of nitriles is 1. The van der Waals surface area contributed by atoms with E-state index in [0.29, 0.717) is 61.7 Å². The number of aromatic nitrogens is 1. The van der Waals surface area contributed by atoms with Crippen LogP contribution in [0.2, 0.25) is 10.0 Å². The number of rotatable bonds is 9. The SMILES string of the molecule is COc1cc(Nc2c(C#N)cnc3cc(OCCCN4CCN(C)CC4)c(OC)cc23)c(Cl)cc1Cl.O.O.O.O.O.O. The summed E-state index contributed by atoms with van der Waals surface area (Å²) in [5.41, 5.74) is 2.11. The number of nitrogens with zero attached hydrogens (tertiary/aromatic N) is 4. The highest BCUT2D eigenvalue weighted by molar-refractivity contribution is 6.37. The highest BCUT2D eigenvalue weighted by Crippen LogP contribution is 2.40. The molecule has 2 aromatic carbocycles. The first kappa shape index (κ1) is 43.3. The number of anilines is 2. The smallest absolute Gasteiger partial charge is 0.163 e. The molecule has 0 bridgehead atoms. The van der Waals surface area contributed by atoms with E-state index in [9.17, 15) is 5.26 Å². The molecule has 1 aliphatic heterocycles. The van der Waals surface area contributed by atoms with Gasteiger partial charge in [-0.3, -0.25) is 4.98 Å². The third-order valence-electron chi connectivity index (χ3n) is 6.25. The van der Waals surface area contributed by atoms with E-state index in [-0.39, 0.29) is 32.9 Å². The van der Waals surface area contributed by atoms with Crippen molar-refractivity contribution in [2.75, 3.05) is 65.9 Å². The zero-order valence-electron chi connectivity index (χ0n) is 23.6. The van der Waals surface area contributed by atoms with Crippen LogP contribution in [-0.2, 0) is 0 Å². The van der Waals surface area contributed by atoms with E-state index in [1.165, 1.54) is 13.3 Å². The van der Waals surface area contributed by atoms with Crippen LogP contribution in [0.4, 0.5) is 11.4 Å². The number of hydrogen-bond acceptors (Lipinski definition) is 8. The lowest BCUT2D eigenvalue weighted by atomic mass is 10.1. The van der Waals surface area contributed by atoms with Gasteiger partial charge < -0.3 is 62.2 Å². The van der Waals surface area contributed by atoms with Gasteiger partial charge in [0.1, 0.15) is 11.8 Å².